The third-order valence-electron chi connectivity index (χ3n) is 4.17. The molecule has 0 atom stereocenters. The first-order valence-corrected chi connectivity index (χ1v) is 8.62. The Hall–Kier alpha value is -2.63. The average Bonchev–Trinajstić information content (AvgIpc) is 2.56. The van der Waals surface area contributed by atoms with Crippen LogP contribution in [-0.4, -0.2) is 18.2 Å². The standard InChI is InChI=1S/C21H22F3NO2/c1-13-8-15(3)20(27)17(10-13)6-7-25-19(26)5-4-16-9-14(2)11-18(12-16)21(22,23)24/h6,8-12H,4-5,7H2,1-3H3,(H,25,26)/b17-6+. The normalized spacial score (nSPS) is 16.2. The van der Waals surface area contributed by atoms with Gasteiger partial charge in [-0.3, -0.25) is 9.59 Å². The summed E-state index contributed by atoms with van der Waals surface area (Å²) in [6.45, 7) is 5.42. The number of amides is 1. The van der Waals surface area contributed by atoms with E-state index in [1.165, 1.54) is 0 Å². The van der Waals surface area contributed by atoms with Crippen LogP contribution in [0.4, 0.5) is 13.2 Å². The van der Waals surface area contributed by atoms with Crippen molar-refractivity contribution in [3.05, 3.63) is 69.8 Å². The van der Waals surface area contributed by atoms with Gasteiger partial charge in [0.2, 0.25) is 5.91 Å². The van der Waals surface area contributed by atoms with Crippen molar-refractivity contribution in [3.8, 4) is 0 Å². The first-order chi connectivity index (χ1) is 12.6. The minimum Gasteiger partial charge on any atom is -0.353 e. The highest BCUT2D eigenvalue weighted by molar-refractivity contribution is 6.11. The van der Waals surface area contributed by atoms with Crippen LogP contribution in [0.1, 0.15) is 37.0 Å². The number of rotatable bonds is 5. The van der Waals surface area contributed by atoms with Gasteiger partial charge in [-0.1, -0.05) is 29.4 Å². The Morgan fingerprint density at radius 1 is 1.11 bits per heavy atom. The minimum atomic E-state index is -4.40. The number of alkyl halides is 3. The van der Waals surface area contributed by atoms with Gasteiger partial charge in [0.25, 0.3) is 0 Å². The summed E-state index contributed by atoms with van der Waals surface area (Å²) < 4.78 is 38.6. The van der Waals surface area contributed by atoms with Gasteiger partial charge in [-0.2, -0.15) is 13.2 Å². The fourth-order valence-corrected chi connectivity index (χ4v) is 2.93. The van der Waals surface area contributed by atoms with E-state index in [0.29, 0.717) is 22.3 Å². The number of carbonyl (C=O) groups is 2. The Labute approximate surface area is 156 Å². The zero-order valence-corrected chi connectivity index (χ0v) is 15.5. The molecule has 0 aliphatic heterocycles. The van der Waals surface area contributed by atoms with Crippen molar-refractivity contribution in [2.45, 2.75) is 39.8 Å². The van der Waals surface area contributed by atoms with Crippen LogP contribution in [-0.2, 0) is 22.2 Å². The molecule has 0 aromatic heterocycles. The number of allylic oxidation sites excluding steroid dienone is 5. The number of carbonyl (C=O) groups excluding carboxylic acids is 2. The second kappa shape index (κ2) is 8.37. The number of Topliss-reactive ketones (excluding diaryl/α,β-unsaturated/α-hetero) is 1. The average molecular weight is 377 g/mol. The van der Waals surface area contributed by atoms with Crippen LogP contribution in [0.25, 0.3) is 0 Å². The van der Waals surface area contributed by atoms with Gasteiger partial charge in [0, 0.05) is 18.5 Å². The summed E-state index contributed by atoms with van der Waals surface area (Å²) in [6.07, 6.45) is 1.09. The van der Waals surface area contributed by atoms with Crippen molar-refractivity contribution in [3.63, 3.8) is 0 Å². The molecular formula is C21H22F3NO2. The molecule has 1 aliphatic rings. The molecule has 1 N–H and O–H groups in total. The number of aryl methyl sites for hydroxylation is 2. The number of benzene rings is 1. The maximum absolute atomic E-state index is 12.9. The van der Waals surface area contributed by atoms with E-state index < -0.39 is 11.7 Å². The Bertz CT molecular complexity index is 845. The number of hydrogen-bond donors (Lipinski definition) is 1. The van der Waals surface area contributed by atoms with Crippen molar-refractivity contribution in [1.82, 2.24) is 5.32 Å². The number of ketones is 1. The zero-order chi connectivity index (χ0) is 20.2. The molecule has 0 unspecified atom stereocenters. The summed E-state index contributed by atoms with van der Waals surface area (Å²) in [5, 5.41) is 2.67. The smallest absolute Gasteiger partial charge is 0.353 e. The lowest BCUT2D eigenvalue weighted by Gasteiger charge is -2.11. The Morgan fingerprint density at radius 3 is 2.48 bits per heavy atom. The van der Waals surface area contributed by atoms with Crippen molar-refractivity contribution in [2.24, 2.45) is 0 Å². The van der Waals surface area contributed by atoms with E-state index in [1.807, 2.05) is 6.92 Å². The first-order valence-electron chi connectivity index (χ1n) is 8.62. The van der Waals surface area contributed by atoms with Crippen LogP contribution in [0.15, 0.2) is 53.1 Å². The summed E-state index contributed by atoms with van der Waals surface area (Å²) in [6, 6.07) is 3.81. The van der Waals surface area contributed by atoms with Gasteiger partial charge in [-0.15, -0.1) is 0 Å². The summed E-state index contributed by atoms with van der Waals surface area (Å²) >= 11 is 0. The predicted molar refractivity (Wildman–Crippen MR) is 98.1 cm³/mol. The highest BCUT2D eigenvalue weighted by Gasteiger charge is 2.30. The molecule has 3 nitrogen and oxygen atoms in total. The van der Waals surface area contributed by atoms with Crippen molar-refractivity contribution in [1.29, 1.82) is 0 Å². The predicted octanol–water partition coefficient (Wildman–Crippen LogP) is 4.46. The van der Waals surface area contributed by atoms with Crippen molar-refractivity contribution in [2.75, 3.05) is 6.54 Å². The summed E-state index contributed by atoms with van der Waals surface area (Å²) in [5.74, 6) is -0.354. The van der Waals surface area contributed by atoms with E-state index in [4.69, 9.17) is 0 Å². The van der Waals surface area contributed by atoms with Crippen molar-refractivity contribution >= 4 is 11.7 Å². The van der Waals surface area contributed by atoms with Gasteiger partial charge < -0.3 is 5.32 Å². The maximum Gasteiger partial charge on any atom is 0.416 e. The third kappa shape index (κ3) is 5.94. The molecular weight excluding hydrogens is 355 g/mol. The molecule has 1 aromatic rings. The minimum absolute atomic E-state index is 0.0747. The fraction of sp³-hybridized carbons (Fsp3) is 0.333. The molecule has 1 amide bonds. The van der Waals surface area contributed by atoms with Crippen LogP contribution in [0.5, 0.6) is 0 Å². The lowest BCUT2D eigenvalue weighted by Crippen LogP contribution is -2.24. The lowest BCUT2D eigenvalue weighted by atomic mass is 9.95. The Kier molecular flexibility index (Phi) is 6.41. The molecule has 1 aliphatic carbocycles. The van der Waals surface area contributed by atoms with Crippen LogP contribution in [0, 0.1) is 6.92 Å². The highest BCUT2D eigenvalue weighted by Crippen LogP contribution is 2.30. The van der Waals surface area contributed by atoms with Gasteiger partial charge in [0.05, 0.1) is 5.56 Å². The molecule has 0 bridgehead atoms. The van der Waals surface area contributed by atoms with E-state index in [9.17, 15) is 22.8 Å². The van der Waals surface area contributed by atoms with E-state index in [1.54, 1.807) is 38.1 Å². The van der Waals surface area contributed by atoms with E-state index >= 15 is 0 Å². The molecule has 6 heteroatoms. The van der Waals surface area contributed by atoms with Crippen LogP contribution in [0.2, 0.25) is 0 Å². The van der Waals surface area contributed by atoms with Gasteiger partial charge in [0.15, 0.2) is 5.78 Å². The van der Waals surface area contributed by atoms with Crippen LogP contribution >= 0.6 is 0 Å². The maximum atomic E-state index is 12.9. The zero-order valence-electron chi connectivity index (χ0n) is 15.5. The van der Waals surface area contributed by atoms with Crippen LogP contribution in [0.3, 0.4) is 0 Å². The van der Waals surface area contributed by atoms with E-state index in [-0.39, 0.29) is 31.1 Å². The molecule has 0 fully saturated rings. The molecule has 1 aromatic carbocycles. The molecule has 0 spiro atoms. The van der Waals surface area contributed by atoms with Gasteiger partial charge in [-0.05, 0) is 56.5 Å². The number of hydrogen-bond acceptors (Lipinski definition) is 2. The monoisotopic (exact) mass is 377 g/mol. The SMILES string of the molecule is CC1=C/C(=C\CNC(=O)CCc2cc(C)cc(C(F)(F)F)c2)C(=O)C(C)=C1. The largest absolute Gasteiger partial charge is 0.416 e. The molecule has 0 heterocycles. The second-order valence-corrected chi connectivity index (χ2v) is 6.71. The van der Waals surface area contributed by atoms with Crippen LogP contribution < -0.4 is 5.32 Å². The summed E-state index contributed by atoms with van der Waals surface area (Å²) in [7, 11) is 0. The van der Waals surface area contributed by atoms with Gasteiger partial charge in [0.1, 0.15) is 0 Å². The molecule has 27 heavy (non-hydrogen) atoms. The number of halogens is 3. The Balaban J connectivity index is 1.91. The highest BCUT2D eigenvalue weighted by atomic mass is 19.4. The van der Waals surface area contributed by atoms with Gasteiger partial charge in [-0.25, -0.2) is 0 Å². The lowest BCUT2D eigenvalue weighted by molar-refractivity contribution is -0.137. The van der Waals surface area contributed by atoms with Gasteiger partial charge >= 0.3 is 6.18 Å². The first kappa shape index (κ1) is 20.7. The molecule has 0 saturated heterocycles. The quantitative estimate of drug-likeness (QED) is 0.770. The van der Waals surface area contributed by atoms with E-state index in [0.717, 1.165) is 17.7 Å². The summed E-state index contributed by atoms with van der Waals surface area (Å²) in [4.78, 5) is 24.0. The molecule has 2 rings (SSSR count). The topological polar surface area (TPSA) is 46.2 Å². The molecule has 0 radical (unpaired) electrons. The third-order valence-corrected chi connectivity index (χ3v) is 4.17. The molecule has 0 saturated carbocycles. The number of nitrogens with one attached hydrogen (secondary N) is 1. The molecule has 144 valence electrons. The fourth-order valence-electron chi connectivity index (χ4n) is 2.93. The summed E-state index contributed by atoms with van der Waals surface area (Å²) in [5.41, 5.74) is 2.41. The Morgan fingerprint density at radius 2 is 1.81 bits per heavy atom. The van der Waals surface area contributed by atoms with E-state index in [2.05, 4.69) is 5.32 Å². The van der Waals surface area contributed by atoms with Crippen molar-refractivity contribution < 1.29 is 22.8 Å². The second-order valence-electron chi connectivity index (χ2n) is 6.71.